The zero-order chi connectivity index (χ0) is 12.7. The maximum absolute atomic E-state index is 12.2. The predicted octanol–water partition coefficient (Wildman–Crippen LogP) is 2.83. The maximum atomic E-state index is 12.2. The van der Waals surface area contributed by atoms with Crippen molar-refractivity contribution in [3.05, 3.63) is 0 Å². The highest BCUT2D eigenvalue weighted by Gasteiger charge is 2.48. The molecule has 90 valence electrons. The standard InChI is InChI=1S/C10H18F3NO/c1-8(2,3)9(4,5)14(6)7(15)10(11,12)13/h1-6H3. The summed E-state index contributed by atoms with van der Waals surface area (Å²) >= 11 is 0. The molecule has 0 N–H and O–H groups in total. The van der Waals surface area contributed by atoms with Crippen LogP contribution in [-0.4, -0.2) is 29.6 Å². The largest absolute Gasteiger partial charge is 0.471 e. The van der Waals surface area contributed by atoms with Crippen LogP contribution < -0.4 is 0 Å². The predicted molar refractivity (Wildman–Crippen MR) is 52.4 cm³/mol. The minimum atomic E-state index is -4.81. The number of carbonyl (C=O) groups excluding carboxylic acids is 1. The smallest absolute Gasteiger partial charge is 0.332 e. The van der Waals surface area contributed by atoms with Crippen molar-refractivity contribution in [2.24, 2.45) is 5.41 Å². The summed E-state index contributed by atoms with van der Waals surface area (Å²) in [5, 5.41) is 0. The van der Waals surface area contributed by atoms with Crippen LogP contribution in [0.3, 0.4) is 0 Å². The molecule has 0 saturated heterocycles. The van der Waals surface area contributed by atoms with Gasteiger partial charge in [-0.1, -0.05) is 20.8 Å². The first kappa shape index (κ1) is 14.3. The van der Waals surface area contributed by atoms with Gasteiger partial charge in [0.2, 0.25) is 0 Å². The van der Waals surface area contributed by atoms with E-state index in [1.54, 1.807) is 34.6 Å². The first-order valence-electron chi connectivity index (χ1n) is 4.67. The van der Waals surface area contributed by atoms with Gasteiger partial charge in [-0.2, -0.15) is 13.2 Å². The third-order valence-corrected chi connectivity index (χ3v) is 3.22. The summed E-state index contributed by atoms with van der Waals surface area (Å²) in [4.78, 5) is 11.8. The van der Waals surface area contributed by atoms with E-state index in [2.05, 4.69) is 0 Å². The normalized spacial score (nSPS) is 13.9. The molecule has 2 nitrogen and oxygen atoms in total. The Morgan fingerprint density at radius 1 is 1.00 bits per heavy atom. The van der Waals surface area contributed by atoms with Crippen LogP contribution in [0.2, 0.25) is 0 Å². The van der Waals surface area contributed by atoms with Crippen molar-refractivity contribution < 1.29 is 18.0 Å². The van der Waals surface area contributed by atoms with Gasteiger partial charge in [-0.15, -0.1) is 0 Å². The number of hydrogen-bond donors (Lipinski definition) is 0. The van der Waals surface area contributed by atoms with E-state index in [-0.39, 0.29) is 0 Å². The van der Waals surface area contributed by atoms with Crippen LogP contribution in [0.1, 0.15) is 34.6 Å². The molecule has 0 aliphatic carbocycles. The lowest BCUT2D eigenvalue weighted by atomic mass is 9.75. The highest BCUT2D eigenvalue weighted by molar-refractivity contribution is 5.82. The van der Waals surface area contributed by atoms with E-state index in [1.165, 1.54) is 7.05 Å². The molecule has 0 aromatic carbocycles. The van der Waals surface area contributed by atoms with Gasteiger partial charge in [-0.05, 0) is 19.3 Å². The second-order valence-electron chi connectivity index (χ2n) is 5.17. The minimum absolute atomic E-state index is 0.428. The SMILES string of the molecule is CN(C(=O)C(F)(F)F)C(C)(C)C(C)(C)C. The van der Waals surface area contributed by atoms with Crippen molar-refractivity contribution in [2.45, 2.75) is 46.3 Å². The lowest BCUT2D eigenvalue weighted by Crippen LogP contribution is -2.56. The van der Waals surface area contributed by atoms with Crippen LogP contribution in [-0.2, 0) is 4.79 Å². The fourth-order valence-electron chi connectivity index (χ4n) is 0.947. The molecule has 0 atom stereocenters. The molecular formula is C10H18F3NO. The van der Waals surface area contributed by atoms with E-state index in [1.807, 2.05) is 0 Å². The quantitative estimate of drug-likeness (QED) is 0.672. The van der Waals surface area contributed by atoms with E-state index in [9.17, 15) is 18.0 Å². The van der Waals surface area contributed by atoms with Crippen molar-refractivity contribution in [2.75, 3.05) is 7.05 Å². The summed E-state index contributed by atoms with van der Waals surface area (Å²) in [7, 11) is 1.18. The Hall–Kier alpha value is -0.740. The molecule has 0 spiro atoms. The highest BCUT2D eigenvalue weighted by Crippen LogP contribution is 2.36. The van der Waals surface area contributed by atoms with Crippen molar-refractivity contribution in [1.29, 1.82) is 0 Å². The van der Waals surface area contributed by atoms with Crippen LogP contribution >= 0.6 is 0 Å². The fraction of sp³-hybridized carbons (Fsp3) is 0.900. The van der Waals surface area contributed by atoms with Gasteiger partial charge in [0.15, 0.2) is 0 Å². The zero-order valence-corrected chi connectivity index (χ0v) is 9.99. The van der Waals surface area contributed by atoms with E-state index < -0.39 is 23.0 Å². The van der Waals surface area contributed by atoms with Gasteiger partial charge in [0.1, 0.15) is 0 Å². The number of halogens is 3. The molecule has 0 rings (SSSR count). The van der Waals surface area contributed by atoms with Gasteiger partial charge < -0.3 is 4.90 Å². The Bertz CT molecular complexity index is 250. The van der Waals surface area contributed by atoms with Crippen molar-refractivity contribution in [1.82, 2.24) is 4.90 Å². The summed E-state index contributed by atoms with van der Waals surface area (Å²) in [6.07, 6.45) is -4.81. The molecular weight excluding hydrogens is 207 g/mol. The second kappa shape index (κ2) is 3.68. The molecule has 0 bridgehead atoms. The Kier molecular flexibility index (Phi) is 3.50. The van der Waals surface area contributed by atoms with Gasteiger partial charge >= 0.3 is 12.1 Å². The first-order chi connectivity index (χ1) is 6.32. The average Bonchev–Trinajstić information content (AvgIpc) is 1.97. The Labute approximate surface area is 88.4 Å². The van der Waals surface area contributed by atoms with Crippen LogP contribution in [0.15, 0.2) is 0 Å². The average molecular weight is 225 g/mol. The lowest BCUT2D eigenvalue weighted by molar-refractivity contribution is -0.192. The molecule has 0 heterocycles. The summed E-state index contributed by atoms with van der Waals surface area (Å²) in [5.74, 6) is -1.80. The van der Waals surface area contributed by atoms with Crippen molar-refractivity contribution in [3.8, 4) is 0 Å². The summed E-state index contributed by atoms with van der Waals surface area (Å²) in [6, 6.07) is 0. The van der Waals surface area contributed by atoms with E-state index in [4.69, 9.17) is 0 Å². The van der Waals surface area contributed by atoms with Gasteiger partial charge in [-0.25, -0.2) is 0 Å². The van der Waals surface area contributed by atoms with Crippen LogP contribution in [0, 0.1) is 5.41 Å². The summed E-state index contributed by atoms with van der Waals surface area (Å²) < 4.78 is 36.7. The number of alkyl halides is 3. The summed E-state index contributed by atoms with van der Waals surface area (Å²) in [5.41, 5.74) is -1.29. The fourth-order valence-corrected chi connectivity index (χ4v) is 0.947. The number of carbonyl (C=O) groups is 1. The Morgan fingerprint density at radius 2 is 1.33 bits per heavy atom. The zero-order valence-electron chi connectivity index (χ0n) is 9.99. The van der Waals surface area contributed by atoms with Crippen LogP contribution in [0.25, 0.3) is 0 Å². The molecule has 0 aliphatic heterocycles. The van der Waals surface area contributed by atoms with Crippen LogP contribution in [0.5, 0.6) is 0 Å². The highest BCUT2D eigenvalue weighted by atomic mass is 19.4. The molecule has 0 unspecified atom stereocenters. The lowest BCUT2D eigenvalue weighted by Gasteiger charge is -2.46. The molecule has 0 fully saturated rings. The van der Waals surface area contributed by atoms with E-state index in [0.29, 0.717) is 0 Å². The molecule has 0 radical (unpaired) electrons. The monoisotopic (exact) mass is 225 g/mol. The minimum Gasteiger partial charge on any atom is -0.332 e. The van der Waals surface area contributed by atoms with Gasteiger partial charge in [0.05, 0.1) is 0 Å². The van der Waals surface area contributed by atoms with Gasteiger partial charge in [0.25, 0.3) is 0 Å². The summed E-state index contributed by atoms with van der Waals surface area (Å²) in [6.45, 7) is 8.64. The molecule has 0 aliphatic rings. The second-order valence-corrected chi connectivity index (χ2v) is 5.17. The number of rotatable bonds is 1. The molecule has 15 heavy (non-hydrogen) atoms. The Balaban J connectivity index is 5.03. The van der Waals surface area contributed by atoms with Crippen molar-refractivity contribution >= 4 is 5.91 Å². The molecule has 0 aromatic rings. The topological polar surface area (TPSA) is 20.3 Å². The number of nitrogens with zero attached hydrogens (tertiary/aromatic N) is 1. The van der Waals surface area contributed by atoms with E-state index in [0.717, 1.165) is 4.90 Å². The third-order valence-electron chi connectivity index (χ3n) is 3.22. The van der Waals surface area contributed by atoms with Crippen molar-refractivity contribution in [3.63, 3.8) is 0 Å². The third kappa shape index (κ3) is 2.86. The van der Waals surface area contributed by atoms with Crippen LogP contribution in [0.4, 0.5) is 13.2 Å². The molecule has 0 aromatic heterocycles. The van der Waals surface area contributed by atoms with Gasteiger partial charge in [0, 0.05) is 12.6 Å². The van der Waals surface area contributed by atoms with E-state index >= 15 is 0 Å². The molecule has 5 heteroatoms. The molecule has 0 saturated carbocycles. The first-order valence-corrected chi connectivity index (χ1v) is 4.67. The number of hydrogen-bond acceptors (Lipinski definition) is 1. The molecule has 1 amide bonds. The number of amides is 1. The Morgan fingerprint density at radius 3 is 1.53 bits per heavy atom. The van der Waals surface area contributed by atoms with Gasteiger partial charge in [-0.3, -0.25) is 4.79 Å². The maximum Gasteiger partial charge on any atom is 0.471 e.